The van der Waals surface area contributed by atoms with E-state index in [0.717, 1.165) is 10.1 Å². The van der Waals surface area contributed by atoms with E-state index in [0.29, 0.717) is 39.8 Å². The molecule has 0 atom stereocenters. The summed E-state index contributed by atoms with van der Waals surface area (Å²) in [5, 5.41) is 4.96. The van der Waals surface area contributed by atoms with Gasteiger partial charge in [0.25, 0.3) is 5.56 Å². The van der Waals surface area contributed by atoms with Gasteiger partial charge in [0.15, 0.2) is 17.2 Å². The second-order valence-electron chi connectivity index (χ2n) is 7.28. The Morgan fingerprint density at radius 1 is 0.971 bits per heavy atom. The number of rotatable bonds is 7. The lowest BCUT2D eigenvalue weighted by Gasteiger charge is -2.13. The van der Waals surface area contributed by atoms with E-state index in [4.69, 9.17) is 18.9 Å². The van der Waals surface area contributed by atoms with Gasteiger partial charge in [-0.3, -0.25) is 9.78 Å². The fourth-order valence-corrected chi connectivity index (χ4v) is 3.45. The number of hydrogen-bond acceptors (Lipinski definition) is 8. The van der Waals surface area contributed by atoms with Gasteiger partial charge in [-0.2, -0.15) is 9.78 Å². The summed E-state index contributed by atoms with van der Waals surface area (Å²) in [6.45, 7) is 3.57. The normalized spacial score (nSPS) is 10.7. The second-order valence-corrected chi connectivity index (χ2v) is 7.28. The summed E-state index contributed by atoms with van der Waals surface area (Å²) in [6.07, 6.45) is 1.64. The van der Waals surface area contributed by atoms with Crippen LogP contribution < -0.4 is 19.8 Å². The Labute approximate surface area is 195 Å². The van der Waals surface area contributed by atoms with Crippen LogP contribution in [-0.4, -0.2) is 41.6 Å². The molecule has 2 aromatic heterocycles. The van der Waals surface area contributed by atoms with Crippen molar-refractivity contribution in [3.8, 4) is 28.7 Å². The van der Waals surface area contributed by atoms with E-state index < -0.39 is 5.97 Å². The number of pyridine rings is 1. The molecule has 0 N–H and O–H groups in total. The quantitative estimate of drug-likeness (QED) is 0.380. The zero-order valence-electron chi connectivity index (χ0n) is 19.2. The predicted molar refractivity (Wildman–Crippen MR) is 125 cm³/mol. The van der Waals surface area contributed by atoms with Crippen molar-refractivity contribution in [3.63, 3.8) is 0 Å². The summed E-state index contributed by atoms with van der Waals surface area (Å²) >= 11 is 0. The first-order valence-electron chi connectivity index (χ1n) is 10.5. The molecule has 174 valence electrons. The zero-order valence-corrected chi connectivity index (χ0v) is 19.2. The number of nitrogens with zero attached hydrogens (tertiary/aromatic N) is 3. The number of methoxy groups -OCH3 is 2. The average molecular weight is 461 g/mol. The third-order valence-electron chi connectivity index (χ3n) is 5.11. The molecular weight excluding hydrogens is 438 g/mol. The molecule has 0 unspecified atom stereocenters. The van der Waals surface area contributed by atoms with E-state index in [1.807, 2.05) is 0 Å². The minimum absolute atomic E-state index is 0.0920. The molecule has 34 heavy (non-hydrogen) atoms. The second kappa shape index (κ2) is 9.62. The minimum Gasteiger partial charge on any atom is -0.493 e. The van der Waals surface area contributed by atoms with Crippen LogP contribution in [0.3, 0.4) is 0 Å². The third kappa shape index (κ3) is 4.40. The van der Waals surface area contributed by atoms with Crippen LogP contribution in [0.2, 0.25) is 0 Å². The maximum Gasteiger partial charge on any atom is 0.359 e. The summed E-state index contributed by atoms with van der Waals surface area (Å²) in [4.78, 5) is 29.0. The summed E-state index contributed by atoms with van der Waals surface area (Å²) in [5.74, 6) is 1.67. The Kier molecular flexibility index (Phi) is 6.44. The van der Waals surface area contributed by atoms with Crippen molar-refractivity contribution < 1.29 is 23.7 Å². The van der Waals surface area contributed by atoms with E-state index in [1.165, 1.54) is 6.07 Å². The molecule has 0 fully saturated rings. The summed E-state index contributed by atoms with van der Waals surface area (Å²) < 4.78 is 23.0. The standard InChI is InChI=1S/C25H23N3O6/c1-5-33-25(30)24-15(2)12-23(29)28(27-24)16-6-8-17(9-7-16)34-20-10-11-26-19-14-22(32-4)21(31-3)13-18(19)20/h6-14H,5H2,1-4H3. The number of carbonyl (C=O) groups excluding carboxylic acids is 1. The van der Waals surface area contributed by atoms with Gasteiger partial charge in [-0.1, -0.05) is 0 Å². The van der Waals surface area contributed by atoms with Crippen LogP contribution in [0.4, 0.5) is 0 Å². The molecule has 0 saturated heterocycles. The van der Waals surface area contributed by atoms with Gasteiger partial charge in [-0.25, -0.2) is 4.79 Å². The minimum atomic E-state index is -0.578. The first kappa shape index (κ1) is 22.8. The van der Waals surface area contributed by atoms with Gasteiger partial charge in [0, 0.05) is 23.7 Å². The van der Waals surface area contributed by atoms with Crippen LogP contribution in [0.15, 0.2) is 59.5 Å². The largest absolute Gasteiger partial charge is 0.493 e. The van der Waals surface area contributed by atoms with Crippen molar-refractivity contribution in [1.29, 1.82) is 0 Å². The van der Waals surface area contributed by atoms with Gasteiger partial charge in [-0.15, -0.1) is 0 Å². The van der Waals surface area contributed by atoms with Crippen molar-refractivity contribution in [2.75, 3.05) is 20.8 Å². The van der Waals surface area contributed by atoms with Gasteiger partial charge in [0.1, 0.15) is 11.5 Å². The molecule has 0 amide bonds. The van der Waals surface area contributed by atoms with E-state index in [1.54, 1.807) is 76.7 Å². The van der Waals surface area contributed by atoms with Gasteiger partial charge >= 0.3 is 5.97 Å². The number of carbonyl (C=O) groups is 1. The van der Waals surface area contributed by atoms with Gasteiger partial charge < -0.3 is 18.9 Å². The zero-order chi connectivity index (χ0) is 24.2. The van der Waals surface area contributed by atoms with E-state index in [9.17, 15) is 9.59 Å². The number of aromatic nitrogens is 3. The van der Waals surface area contributed by atoms with Crippen LogP contribution in [0, 0.1) is 6.92 Å². The number of hydrogen-bond donors (Lipinski definition) is 0. The van der Waals surface area contributed by atoms with Gasteiger partial charge in [0.2, 0.25) is 0 Å². The number of aryl methyl sites for hydroxylation is 1. The predicted octanol–water partition coefficient (Wildman–Crippen LogP) is 4.08. The van der Waals surface area contributed by atoms with Gasteiger partial charge in [-0.05, 0) is 55.8 Å². The lowest BCUT2D eigenvalue weighted by molar-refractivity contribution is 0.0516. The summed E-state index contributed by atoms with van der Waals surface area (Å²) in [5.41, 5.74) is 1.36. The van der Waals surface area contributed by atoms with Gasteiger partial charge in [0.05, 0.1) is 32.0 Å². The van der Waals surface area contributed by atoms with Crippen molar-refractivity contribution >= 4 is 16.9 Å². The SMILES string of the molecule is CCOC(=O)c1nn(-c2ccc(Oc3ccnc4cc(OC)c(OC)cc34)cc2)c(=O)cc1C. The van der Waals surface area contributed by atoms with Crippen LogP contribution in [0.1, 0.15) is 23.0 Å². The van der Waals surface area contributed by atoms with E-state index >= 15 is 0 Å². The lowest BCUT2D eigenvalue weighted by Crippen LogP contribution is -2.25. The van der Waals surface area contributed by atoms with E-state index in [2.05, 4.69) is 10.1 Å². The number of esters is 1. The highest BCUT2D eigenvalue weighted by Crippen LogP contribution is 2.36. The Morgan fingerprint density at radius 2 is 1.68 bits per heavy atom. The van der Waals surface area contributed by atoms with Crippen molar-refractivity contribution in [1.82, 2.24) is 14.8 Å². The summed E-state index contributed by atoms with van der Waals surface area (Å²) in [7, 11) is 3.13. The maximum atomic E-state index is 12.5. The lowest BCUT2D eigenvalue weighted by atomic mass is 10.2. The smallest absolute Gasteiger partial charge is 0.359 e. The molecule has 0 aliphatic heterocycles. The number of benzene rings is 2. The molecule has 9 nitrogen and oxygen atoms in total. The molecule has 2 heterocycles. The van der Waals surface area contributed by atoms with Crippen LogP contribution in [0.25, 0.3) is 16.6 Å². The van der Waals surface area contributed by atoms with Crippen LogP contribution >= 0.6 is 0 Å². The molecular formula is C25H23N3O6. The fourth-order valence-electron chi connectivity index (χ4n) is 3.45. The first-order chi connectivity index (χ1) is 16.4. The fraction of sp³-hybridized carbons (Fsp3) is 0.200. The highest BCUT2D eigenvalue weighted by atomic mass is 16.5. The number of ether oxygens (including phenoxy) is 4. The summed E-state index contributed by atoms with van der Waals surface area (Å²) in [6, 6.07) is 13.5. The maximum absolute atomic E-state index is 12.5. The average Bonchev–Trinajstić information content (AvgIpc) is 2.84. The highest BCUT2D eigenvalue weighted by Gasteiger charge is 2.16. The highest BCUT2D eigenvalue weighted by molar-refractivity contribution is 5.89. The molecule has 4 rings (SSSR count). The first-order valence-corrected chi connectivity index (χ1v) is 10.5. The van der Waals surface area contributed by atoms with Crippen molar-refractivity contribution in [3.05, 3.63) is 76.3 Å². The molecule has 4 aromatic rings. The molecule has 9 heteroatoms. The van der Waals surface area contributed by atoms with Crippen molar-refractivity contribution in [2.24, 2.45) is 0 Å². The molecule has 0 radical (unpaired) electrons. The third-order valence-corrected chi connectivity index (χ3v) is 5.11. The van der Waals surface area contributed by atoms with Crippen LogP contribution in [-0.2, 0) is 4.74 Å². The van der Waals surface area contributed by atoms with Crippen molar-refractivity contribution in [2.45, 2.75) is 13.8 Å². The Hall–Kier alpha value is -4.40. The van der Waals surface area contributed by atoms with E-state index in [-0.39, 0.29) is 17.9 Å². The molecule has 0 spiro atoms. The molecule has 0 aliphatic rings. The Bertz CT molecular complexity index is 1410. The molecule has 0 bridgehead atoms. The molecule has 0 saturated carbocycles. The Morgan fingerprint density at radius 3 is 2.35 bits per heavy atom. The monoisotopic (exact) mass is 461 g/mol. The topological polar surface area (TPSA) is 102 Å². The Balaban J connectivity index is 1.66. The molecule has 0 aliphatic carbocycles. The van der Waals surface area contributed by atoms with Crippen LogP contribution in [0.5, 0.6) is 23.0 Å². The molecule has 2 aromatic carbocycles. The number of fused-ring (bicyclic) bond motifs is 1.